The molecule has 2 aromatic rings. The number of carboxylic acids is 1. The Morgan fingerprint density at radius 1 is 1.17 bits per heavy atom. The number of hydrogen-bond donors (Lipinski definition) is 1. The standard InChI is InChI=1S/C17H17NO4S/c1-2-12-3-6-15(7-4-12)23(21,22)18-10-9-13-11-14(17(19)20)5-8-16(13)18/h3-8,11H,2,9-10H2,1H3,(H,19,20). The lowest BCUT2D eigenvalue weighted by Gasteiger charge is -2.19. The Morgan fingerprint density at radius 3 is 2.48 bits per heavy atom. The third kappa shape index (κ3) is 2.70. The molecule has 0 atom stereocenters. The quantitative estimate of drug-likeness (QED) is 0.935. The first kappa shape index (κ1) is 15.6. The summed E-state index contributed by atoms with van der Waals surface area (Å²) in [5.74, 6) is -1.01. The highest BCUT2D eigenvalue weighted by atomic mass is 32.2. The van der Waals surface area contributed by atoms with Crippen LogP contribution in [-0.2, 0) is 22.9 Å². The number of hydrogen-bond acceptors (Lipinski definition) is 3. The predicted molar refractivity (Wildman–Crippen MR) is 87.5 cm³/mol. The zero-order valence-corrected chi connectivity index (χ0v) is 13.5. The van der Waals surface area contributed by atoms with Crippen LogP contribution in [0.15, 0.2) is 47.4 Å². The molecule has 0 bridgehead atoms. The largest absolute Gasteiger partial charge is 0.478 e. The molecule has 0 saturated heterocycles. The molecule has 0 fully saturated rings. The van der Waals surface area contributed by atoms with Crippen molar-refractivity contribution in [1.29, 1.82) is 0 Å². The molecule has 1 heterocycles. The minimum Gasteiger partial charge on any atom is -0.478 e. The van der Waals surface area contributed by atoms with Crippen LogP contribution < -0.4 is 4.31 Å². The van der Waals surface area contributed by atoms with Crippen molar-refractivity contribution in [1.82, 2.24) is 0 Å². The Labute approximate surface area is 135 Å². The van der Waals surface area contributed by atoms with E-state index in [1.54, 1.807) is 24.3 Å². The summed E-state index contributed by atoms with van der Waals surface area (Å²) >= 11 is 0. The molecule has 1 aliphatic heterocycles. The number of aryl methyl sites for hydroxylation is 1. The van der Waals surface area contributed by atoms with Crippen LogP contribution in [0.1, 0.15) is 28.4 Å². The van der Waals surface area contributed by atoms with Gasteiger partial charge >= 0.3 is 5.97 Å². The fourth-order valence-corrected chi connectivity index (χ4v) is 4.28. The molecule has 5 nitrogen and oxygen atoms in total. The SMILES string of the molecule is CCc1ccc(S(=O)(=O)N2CCc3cc(C(=O)O)ccc32)cc1. The molecule has 1 aliphatic rings. The summed E-state index contributed by atoms with van der Waals surface area (Å²) in [6.07, 6.45) is 1.37. The van der Waals surface area contributed by atoms with Crippen LogP contribution in [0.25, 0.3) is 0 Å². The van der Waals surface area contributed by atoms with Crippen molar-refractivity contribution >= 4 is 21.7 Å². The highest BCUT2D eigenvalue weighted by Gasteiger charge is 2.31. The summed E-state index contributed by atoms with van der Waals surface area (Å²) < 4.78 is 27.0. The number of sulfonamides is 1. The Morgan fingerprint density at radius 2 is 1.87 bits per heavy atom. The van der Waals surface area contributed by atoms with Gasteiger partial charge in [-0.25, -0.2) is 13.2 Å². The second-order valence-electron chi connectivity index (χ2n) is 5.47. The van der Waals surface area contributed by atoms with E-state index in [4.69, 9.17) is 5.11 Å². The van der Waals surface area contributed by atoms with Gasteiger partial charge in [0.1, 0.15) is 0 Å². The van der Waals surface area contributed by atoms with E-state index in [0.717, 1.165) is 17.5 Å². The second kappa shape index (κ2) is 5.70. The van der Waals surface area contributed by atoms with Crippen molar-refractivity contribution in [3.05, 3.63) is 59.2 Å². The first-order chi connectivity index (χ1) is 10.9. The molecule has 0 saturated carbocycles. The van der Waals surface area contributed by atoms with Crippen LogP contribution in [0.3, 0.4) is 0 Å². The number of carbonyl (C=O) groups is 1. The van der Waals surface area contributed by atoms with Crippen LogP contribution in [0, 0.1) is 0 Å². The van der Waals surface area contributed by atoms with Crippen molar-refractivity contribution in [3.8, 4) is 0 Å². The van der Waals surface area contributed by atoms with E-state index in [1.165, 1.54) is 10.4 Å². The lowest BCUT2D eigenvalue weighted by Crippen LogP contribution is -2.29. The number of carboxylic acid groups (broad SMARTS) is 1. The Bertz CT molecular complexity index is 857. The Hall–Kier alpha value is -2.34. The number of fused-ring (bicyclic) bond motifs is 1. The van der Waals surface area contributed by atoms with Crippen LogP contribution in [0.4, 0.5) is 5.69 Å². The van der Waals surface area contributed by atoms with E-state index in [2.05, 4.69) is 0 Å². The van der Waals surface area contributed by atoms with Gasteiger partial charge in [0.15, 0.2) is 0 Å². The maximum Gasteiger partial charge on any atom is 0.335 e. The normalized spacial score (nSPS) is 13.9. The van der Waals surface area contributed by atoms with Crippen LogP contribution >= 0.6 is 0 Å². The summed E-state index contributed by atoms with van der Waals surface area (Å²) in [6, 6.07) is 11.4. The molecule has 1 N–H and O–H groups in total. The van der Waals surface area contributed by atoms with Gasteiger partial charge < -0.3 is 5.11 Å². The Kier molecular flexibility index (Phi) is 3.85. The van der Waals surface area contributed by atoms with Gasteiger partial charge in [0.2, 0.25) is 0 Å². The van der Waals surface area contributed by atoms with Crippen molar-refractivity contribution in [2.24, 2.45) is 0 Å². The van der Waals surface area contributed by atoms with Gasteiger partial charge in [-0.2, -0.15) is 0 Å². The average molecular weight is 331 g/mol. The molecule has 0 aromatic heterocycles. The summed E-state index contributed by atoms with van der Waals surface area (Å²) in [6.45, 7) is 2.34. The van der Waals surface area contributed by atoms with Crippen molar-refractivity contribution in [2.75, 3.05) is 10.8 Å². The van der Waals surface area contributed by atoms with E-state index < -0.39 is 16.0 Å². The molecule has 2 aromatic carbocycles. The lowest BCUT2D eigenvalue weighted by molar-refractivity contribution is 0.0697. The van der Waals surface area contributed by atoms with Gasteiger partial charge in [0.25, 0.3) is 10.0 Å². The van der Waals surface area contributed by atoms with Crippen molar-refractivity contribution in [2.45, 2.75) is 24.7 Å². The molecule has 0 amide bonds. The molecule has 23 heavy (non-hydrogen) atoms. The van der Waals surface area contributed by atoms with Gasteiger partial charge in [-0.15, -0.1) is 0 Å². The number of anilines is 1. The molecular weight excluding hydrogens is 314 g/mol. The molecule has 3 rings (SSSR count). The molecular formula is C17H17NO4S. The molecule has 0 radical (unpaired) electrons. The lowest BCUT2D eigenvalue weighted by atomic mass is 10.1. The fourth-order valence-electron chi connectivity index (χ4n) is 2.78. The van der Waals surface area contributed by atoms with Gasteiger partial charge in [-0.1, -0.05) is 19.1 Å². The zero-order valence-electron chi connectivity index (χ0n) is 12.7. The first-order valence-corrected chi connectivity index (χ1v) is 8.85. The highest BCUT2D eigenvalue weighted by molar-refractivity contribution is 7.92. The number of rotatable bonds is 4. The van der Waals surface area contributed by atoms with E-state index >= 15 is 0 Å². The Balaban J connectivity index is 1.98. The summed E-state index contributed by atoms with van der Waals surface area (Å²) in [7, 11) is -3.62. The van der Waals surface area contributed by atoms with Crippen molar-refractivity contribution < 1.29 is 18.3 Å². The maximum atomic E-state index is 12.8. The van der Waals surface area contributed by atoms with Crippen molar-refractivity contribution in [3.63, 3.8) is 0 Å². The topological polar surface area (TPSA) is 74.7 Å². The molecule has 0 spiro atoms. The van der Waals surface area contributed by atoms with Crippen LogP contribution in [0.2, 0.25) is 0 Å². The first-order valence-electron chi connectivity index (χ1n) is 7.41. The number of nitrogens with zero attached hydrogens (tertiary/aromatic N) is 1. The third-order valence-corrected chi connectivity index (χ3v) is 5.93. The minimum atomic E-state index is -3.62. The van der Waals surface area contributed by atoms with E-state index in [1.807, 2.05) is 19.1 Å². The van der Waals surface area contributed by atoms with Gasteiger partial charge in [0, 0.05) is 6.54 Å². The third-order valence-electron chi connectivity index (χ3n) is 4.10. The van der Waals surface area contributed by atoms with Crippen LogP contribution in [-0.4, -0.2) is 26.0 Å². The predicted octanol–water partition coefficient (Wildman–Crippen LogP) is 2.70. The van der Waals surface area contributed by atoms with Gasteiger partial charge in [-0.3, -0.25) is 4.31 Å². The molecule has 0 aliphatic carbocycles. The van der Waals surface area contributed by atoms with Crippen LogP contribution in [0.5, 0.6) is 0 Å². The maximum absolute atomic E-state index is 12.8. The molecule has 6 heteroatoms. The number of aromatic carboxylic acids is 1. The number of benzene rings is 2. The summed E-state index contributed by atoms with van der Waals surface area (Å²) in [5.41, 5.74) is 2.57. The molecule has 0 unspecified atom stereocenters. The van der Waals surface area contributed by atoms with Gasteiger partial charge in [0.05, 0.1) is 16.1 Å². The second-order valence-corrected chi connectivity index (χ2v) is 7.34. The smallest absolute Gasteiger partial charge is 0.335 e. The minimum absolute atomic E-state index is 0.176. The fraction of sp³-hybridized carbons (Fsp3) is 0.235. The van der Waals surface area contributed by atoms with Gasteiger partial charge in [-0.05, 0) is 54.3 Å². The zero-order chi connectivity index (χ0) is 16.6. The average Bonchev–Trinajstić information content (AvgIpc) is 2.98. The van der Waals surface area contributed by atoms with E-state index in [-0.39, 0.29) is 10.5 Å². The molecule has 120 valence electrons. The van der Waals surface area contributed by atoms with E-state index in [0.29, 0.717) is 18.7 Å². The highest BCUT2D eigenvalue weighted by Crippen LogP contribution is 2.33. The monoisotopic (exact) mass is 331 g/mol. The summed E-state index contributed by atoms with van der Waals surface area (Å²) in [4.78, 5) is 11.3. The summed E-state index contributed by atoms with van der Waals surface area (Å²) in [5, 5.41) is 9.04. The van der Waals surface area contributed by atoms with E-state index in [9.17, 15) is 13.2 Å².